The van der Waals surface area contributed by atoms with E-state index in [-0.39, 0.29) is 6.61 Å². The van der Waals surface area contributed by atoms with Crippen molar-refractivity contribution in [2.75, 3.05) is 18.5 Å². The minimum Gasteiger partial charge on any atom is -0.395 e. The van der Waals surface area contributed by atoms with E-state index >= 15 is 0 Å². The van der Waals surface area contributed by atoms with E-state index in [1.165, 1.54) is 0 Å². The molecule has 3 rings (SSSR count). The van der Waals surface area contributed by atoms with Crippen molar-refractivity contribution in [3.8, 4) is 22.6 Å². The van der Waals surface area contributed by atoms with E-state index in [0.717, 1.165) is 15.6 Å². The second-order valence-corrected chi connectivity index (χ2v) is 5.78. The maximum atomic E-state index is 9.08. The first-order valence-electron chi connectivity index (χ1n) is 7.19. The summed E-state index contributed by atoms with van der Waals surface area (Å²) in [5.74, 6) is 1.14. The van der Waals surface area contributed by atoms with Gasteiger partial charge in [0.25, 0.3) is 0 Å². The highest BCUT2D eigenvalue weighted by molar-refractivity contribution is 9.10. The average Bonchev–Trinajstić information content (AvgIpc) is 2.60. The molecule has 0 amide bonds. The average molecular weight is 371 g/mol. The number of aliphatic hydroxyl groups is 1. The van der Waals surface area contributed by atoms with Gasteiger partial charge in [-0.2, -0.15) is 0 Å². The van der Waals surface area contributed by atoms with Crippen molar-refractivity contribution in [2.45, 2.75) is 0 Å². The number of benzene rings is 2. The lowest BCUT2D eigenvalue weighted by atomic mass is 10.1. The van der Waals surface area contributed by atoms with Crippen LogP contribution in [0.2, 0.25) is 0 Å². The summed E-state index contributed by atoms with van der Waals surface area (Å²) in [6.45, 7) is 0.418. The molecule has 0 aliphatic carbocycles. The number of halogens is 1. The molecule has 116 valence electrons. The maximum Gasteiger partial charge on any atom is 0.183 e. The third kappa shape index (κ3) is 3.72. The molecule has 0 atom stereocenters. The number of nitrogens with zero attached hydrogens (tertiary/aromatic N) is 3. The van der Waals surface area contributed by atoms with Crippen LogP contribution in [-0.2, 0) is 0 Å². The zero-order chi connectivity index (χ0) is 16.1. The van der Waals surface area contributed by atoms with Crippen LogP contribution in [0.5, 0.6) is 0 Å². The van der Waals surface area contributed by atoms with Gasteiger partial charge in [0.05, 0.1) is 6.61 Å². The monoisotopic (exact) mass is 370 g/mol. The first kappa shape index (κ1) is 15.6. The number of rotatable bonds is 5. The van der Waals surface area contributed by atoms with Gasteiger partial charge >= 0.3 is 0 Å². The van der Waals surface area contributed by atoms with Crippen LogP contribution < -0.4 is 5.32 Å². The third-order valence-corrected chi connectivity index (χ3v) is 3.71. The minimum atomic E-state index is 0.0183. The Kier molecular flexibility index (Phi) is 4.95. The SMILES string of the molecule is OCCNc1nc(-c2cccc(Br)c2)nnc1-c1ccccc1. The second-order valence-electron chi connectivity index (χ2n) is 4.86. The number of hydrogen-bond donors (Lipinski definition) is 2. The fraction of sp³-hybridized carbons (Fsp3) is 0.118. The van der Waals surface area contributed by atoms with Crippen LogP contribution in [0, 0.1) is 0 Å². The second kappa shape index (κ2) is 7.30. The van der Waals surface area contributed by atoms with Gasteiger partial charge in [-0.25, -0.2) is 4.98 Å². The summed E-state index contributed by atoms with van der Waals surface area (Å²) in [4.78, 5) is 4.58. The van der Waals surface area contributed by atoms with Gasteiger partial charge in [-0.1, -0.05) is 58.4 Å². The summed E-state index contributed by atoms with van der Waals surface area (Å²) in [5.41, 5.74) is 2.46. The summed E-state index contributed by atoms with van der Waals surface area (Å²) in [6, 6.07) is 17.5. The molecule has 23 heavy (non-hydrogen) atoms. The molecule has 6 heteroatoms. The Morgan fingerprint density at radius 2 is 1.74 bits per heavy atom. The summed E-state index contributed by atoms with van der Waals surface area (Å²) < 4.78 is 0.954. The highest BCUT2D eigenvalue weighted by Gasteiger charge is 2.12. The van der Waals surface area contributed by atoms with Gasteiger partial charge in [0.1, 0.15) is 5.69 Å². The molecule has 0 aliphatic rings. The maximum absolute atomic E-state index is 9.08. The molecule has 2 N–H and O–H groups in total. The van der Waals surface area contributed by atoms with Gasteiger partial charge in [0.2, 0.25) is 0 Å². The van der Waals surface area contributed by atoms with Crippen LogP contribution >= 0.6 is 15.9 Å². The van der Waals surface area contributed by atoms with E-state index in [9.17, 15) is 0 Å². The Morgan fingerprint density at radius 1 is 0.957 bits per heavy atom. The fourth-order valence-electron chi connectivity index (χ4n) is 2.16. The zero-order valence-electron chi connectivity index (χ0n) is 12.3. The molecule has 3 aromatic rings. The molecule has 0 unspecified atom stereocenters. The predicted octanol–water partition coefficient (Wildman–Crippen LogP) is 3.37. The molecule has 0 saturated heterocycles. The van der Waals surface area contributed by atoms with Crippen LogP contribution in [0.4, 0.5) is 5.82 Å². The molecule has 0 radical (unpaired) electrons. The van der Waals surface area contributed by atoms with E-state index in [4.69, 9.17) is 5.11 Å². The molecular formula is C17H15BrN4O. The number of hydrogen-bond acceptors (Lipinski definition) is 5. The molecule has 0 fully saturated rings. The lowest BCUT2D eigenvalue weighted by molar-refractivity contribution is 0.311. The Morgan fingerprint density at radius 3 is 2.48 bits per heavy atom. The standard InChI is InChI=1S/C17H15BrN4O/c18-14-8-4-7-13(11-14)16-20-17(19-9-10-23)15(21-22-16)12-5-2-1-3-6-12/h1-8,11,23H,9-10H2,(H,19,20,22). The van der Waals surface area contributed by atoms with Crippen LogP contribution in [0.15, 0.2) is 59.1 Å². The summed E-state index contributed by atoms with van der Waals surface area (Å²) in [6.07, 6.45) is 0. The highest BCUT2D eigenvalue weighted by atomic mass is 79.9. The van der Waals surface area contributed by atoms with Crippen molar-refractivity contribution in [2.24, 2.45) is 0 Å². The van der Waals surface area contributed by atoms with Crippen molar-refractivity contribution in [3.63, 3.8) is 0 Å². The lowest BCUT2D eigenvalue weighted by Gasteiger charge is -2.10. The smallest absolute Gasteiger partial charge is 0.183 e. The minimum absolute atomic E-state index is 0.0183. The summed E-state index contributed by atoms with van der Waals surface area (Å²) in [5, 5.41) is 20.8. The predicted molar refractivity (Wildman–Crippen MR) is 94.0 cm³/mol. The van der Waals surface area contributed by atoms with Crippen LogP contribution in [-0.4, -0.2) is 33.4 Å². The topological polar surface area (TPSA) is 70.9 Å². The lowest BCUT2D eigenvalue weighted by Crippen LogP contribution is -2.10. The van der Waals surface area contributed by atoms with E-state index in [1.807, 2.05) is 54.6 Å². The van der Waals surface area contributed by atoms with Gasteiger partial charge in [0.15, 0.2) is 11.6 Å². The molecule has 0 aliphatic heterocycles. The van der Waals surface area contributed by atoms with Crippen LogP contribution in [0.25, 0.3) is 22.6 Å². The Balaban J connectivity index is 2.05. The number of anilines is 1. The molecule has 0 bridgehead atoms. The van der Waals surface area contributed by atoms with E-state index in [1.54, 1.807) is 0 Å². The first-order valence-corrected chi connectivity index (χ1v) is 7.98. The molecule has 1 heterocycles. The first-order chi connectivity index (χ1) is 11.3. The Labute approximate surface area is 142 Å². The summed E-state index contributed by atoms with van der Waals surface area (Å²) >= 11 is 3.45. The molecular weight excluding hydrogens is 356 g/mol. The van der Waals surface area contributed by atoms with Crippen molar-refractivity contribution >= 4 is 21.7 Å². The largest absolute Gasteiger partial charge is 0.395 e. The molecule has 0 spiro atoms. The fourth-order valence-corrected chi connectivity index (χ4v) is 2.56. The van der Waals surface area contributed by atoms with E-state index in [0.29, 0.717) is 23.9 Å². The van der Waals surface area contributed by atoms with Crippen molar-refractivity contribution in [1.82, 2.24) is 15.2 Å². The third-order valence-electron chi connectivity index (χ3n) is 3.22. The summed E-state index contributed by atoms with van der Waals surface area (Å²) in [7, 11) is 0. The molecule has 0 saturated carbocycles. The van der Waals surface area contributed by atoms with Gasteiger partial charge < -0.3 is 10.4 Å². The normalized spacial score (nSPS) is 10.5. The van der Waals surface area contributed by atoms with Gasteiger partial charge in [-0.05, 0) is 12.1 Å². The van der Waals surface area contributed by atoms with Crippen molar-refractivity contribution in [3.05, 3.63) is 59.1 Å². The van der Waals surface area contributed by atoms with Crippen molar-refractivity contribution < 1.29 is 5.11 Å². The van der Waals surface area contributed by atoms with Gasteiger partial charge in [0, 0.05) is 22.1 Å². The van der Waals surface area contributed by atoms with Gasteiger partial charge in [-0.15, -0.1) is 10.2 Å². The molecule has 1 aromatic heterocycles. The van der Waals surface area contributed by atoms with Crippen LogP contribution in [0.3, 0.4) is 0 Å². The Bertz CT molecular complexity index is 796. The van der Waals surface area contributed by atoms with E-state index < -0.39 is 0 Å². The quantitative estimate of drug-likeness (QED) is 0.720. The number of aliphatic hydroxyl groups excluding tert-OH is 1. The number of aromatic nitrogens is 3. The number of nitrogens with one attached hydrogen (secondary N) is 1. The van der Waals surface area contributed by atoms with E-state index in [2.05, 4.69) is 36.4 Å². The Hall–Kier alpha value is -2.31. The zero-order valence-corrected chi connectivity index (χ0v) is 13.9. The highest BCUT2D eigenvalue weighted by Crippen LogP contribution is 2.26. The molecule has 5 nitrogen and oxygen atoms in total. The van der Waals surface area contributed by atoms with Crippen molar-refractivity contribution in [1.29, 1.82) is 0 Å². The van der Waals surface area contributed by atoms with Crippen LogP contribution in [0.1, 0.15) is 0 Å². The molecule has 2 aromatic carbocycles. The van der Waals surface area contributed by atoms with Gasteiger partial charge in [-0.3, -0.25) is 0 Å².